The molecule has 1 aromatic carbocycles. The minimum absolute atomic E-state index is 0.132. The number of nitrogens with zero attached hydrogens (tertiary/aromatic N) is 3. The van der Waals surface area contributed by atoms with E-state index in [4.69, 9.17) is 0 Å². The average Bonchev–Trinajstić information content (AvgIpc) is 2.75. The molecule has 7 nitrogen and oxygen atoms in total. The molecule has 1 aliphatic rings. The second-order valence-corrected chi connectivity index (χ2v) is 9.97. The van der Waals surface area contributed by atoms with E-state index in [9.17, 15) is 12.8 Å². The lowest BCUT2D eigenvalue weighted by Gasteiger charge is -2.28. The Morgan fingerprint density at radius 2 is 1.84 bits per heavy atom. The fraction of sp³-hybridized carbons (Fsp3) is 0.455. The first-order valence-corrected chi connectivity index (χ1v) is 12.5. The zero-order valence-electron chi connectivity index (χ0n) is 18.1. The van der Waals surface area contributed by atoms with Crippen LogP contribution in [-0.4, -0.2) is 45.8 Å². The number of piperidine rings is 1. The Labute approximate surface area is 183 Å². The quantitative estimate of drug-likeness (QED) is 0.501. The van der Waals surface area contributed by atoms with Crippen molar-refractivity contribution >= 4 is 21.6 Å². The van der Waals surface area contributed by atoms with Gasteiger partial charge in [-0.15, -0.1) is 0 Å². The first-order valence-electron chi connectivity index (χ1n) is 10.4. The second-order valence-electron chi connectivity index (χ2n) is 7.83. The van der Waals surface area contributed by atoms with Gasteiger partial charge in [-0.25, -0.2) is 17.8 Å². The van der Waals surface area contributed by atoms with Gasteiger partial charge in [-0.2, -0.15) is 0 Å². The molecule has 0 bridgehead atoms. The fourth-order valence-corrected chi connectivity index (χ4v) is 4.48. The number of hydrogen-bond donors (Lipinski definition) is 2. The summed E-state index contributed by atoms with van der Waals surface area (Å²) in [7, 11) is -1.57. The summed E-state index contributed by atoms with van der Waals surface area (Å²) < 4.78 is 37.1. The van der Waals surface area contributed by atoms with Crippen LogP contribution >= 0.6 is 0 Å². The first-order chi connectivity index (χ1) is 14.8. The molecule has 1 aromatic heterocycles. The summed E-state index contributed by atoms with van der Waals surface area (Å²) in [5.41, 5.74) is 2.25. The Bertz CT molecular complexity index is 1020. The van der Waals surface area contributed by atoms with Gasteiger partial charge in [0.25, 0.3) is 0 Å². The number of aromatic nitrogens is 1. The van der Waals surface area contributed by atoms with E-state index in [1.165, 1.54) is 43.7 Å². The molecule has 2 heterocycles. The Morgan fingerprint density at radius 1 is 1.10 bits per heavy atom. The highest BCUT2D eigenvalue weighted by molar-refractivity contribution is 7.89. The molecule has 2 N–H and O–H groups in total. The molecule has 1 saturated heterocycles. The van der Waals surface area contributed by atoms with Crippen LogP contribution in [0, 0.1) is 5.82 Å². The van der Waals surface area contributed by atoms with Gasteiger partial charge in [0.15, 0.2) is 15.8 Å². The van der Waals surface area contributed by atoms with Gasteiger partial charge in [-0.3, -0.25) is 4.99 Å². The van der Waals surface area contributed by atoms with Crippen molar-refractivity contribution in [2.24, 2.45) is 4.99 Å². The summed E-state index contributed by atoms with van der Waals surface area (Å²) in [6.45, 7) is 2.90. The molecule has 2 aromatic rings. The lowest BCUT2D eigenvalue weighted by Crippen LogP contribution is -2.36. The van der Waals surface area contributed by atoms with E-state index in [1.54, 1.807) is 7.05 Å². The van der Waals surface area contributed by atoms with E-state index in [0.717, 1.165) is 24.5 Å². The third kappa shape index (κ3) is 7.20. The molecule has 0 amide bonds. The van der Waals surface area contributed by atoms with Gasteiger partial charge in [0.05, 0.1) is 5.75 Å². The summed E-state index contributed by atoms with van der Waals surface area (Å²) in [5, 5.41) is 6.39. The highest BCUT2D eigenvalue weighted by atomic mass is 32.2. The SMILES string of the molecule is CN=C(NCc1ccnc(N2CCCCC2)c1)NCc1cc(F)ccc1CS(C)(=O)=O. The van der Waals surface area contributed by atoms with Crippen LogP contribution in [0.25, 0.3) is 0 Å². The number of pyridine rings is 1. The van der Waals surface area contributed by atoms with Gasteiger partial charge in [0.2, 0.25) is 0 Å². The number of anilines is 1. The highest BCUT2D eigenvalue weighted by Gasteiger charge is 2.13. The maximum atomic E-state index is 13.7. The molecule has 0 aliphatic carbocycles. The van der Waals surface area contributed by atoms with E-state index in [1.807, 2.05) is 12.3 Å². The molecular formula is C22H30FN5O2S. The Hall–Kier alpha value is -2.68. The maximum absolute atomic E-state index is 13.7. The van der Waals surface area contributed by atoms with Crippen LogP contribution in [0.15, 0.2) is 41.5 Å². The van der Waals surface area contributed by atoms with Crippen LogP contribution in [-0.2, 0) is 28.7 Å². The van der Waals surface area contributed by atoms with Crippen molar-refractivity contribution in [3.63, 3.8) is 0 Å². The monoisotopic (exact) mass is 447 g/mol. The summed E-state index contributed by atoms with van der Waals surface area (Å²) in [5.74, 6) is 1.00. The van der Waals surface area contributed by atoms with Crippen molar-refractivity contribution in [3.05, 3.63) is 59.0 Å². The van der Waals surface area contributed by atoms with Crippen molar-refractivity contribution in [3.8, 4) is 0 Å². The zero-order chi connectivity index (χ0) is 22.3. The standard InChI is InChI=1S/C22H30FN5O2S/c1-24-22(27-15-19-13-20(23)7-6-18(19)16-31(2,29)30)26-14-17-8-9-25-21(12-17)28-10-4-3-5-11-28/h6-9,12-13H,3-5,10-11,14-16H2,1-2H3,(H2,24,26,27). The number of nitrogens with one attached hydrogen (secondary N) is 2. The van der Waals surface area contributed by atoms with Gasteiger partial charge in [-0.05, 0) is 60.2 Å². The van der Waals surface area contributed by atoms with Gasteiger partial charge >= 0.3 is 0 Å². The van der Waals surface area contributed by atoms with Crippen molar-refractivity contribution in [2.45, 2.75) is 38.1 Å². The summed E-state index contributed by atoms with van der Waals surface area (Å²) >= 11 is 0. The molecule has 0 radical (unpaired) electrons. The van der Waals surface area contributed by atoms with Crippen molar-refractivity contribution in [1.82, 2.24) is 15.6 Å². The molecule has 168 valence electrons. The van der Waals surface area contributed by atoms with E-state index in [0.29, 0.717) is 23.6 Å². The van der Waals surface area contributed by atoms with E-state index < -0.39 is 15.7 Å². The Balaban J connectivity index is 1.60. The normalized spacial score (nSPS) is 15.1. The minimum atomic E-state index is -3.22. The van der Waals surface area contributed by atoms with E-state index >= 15 is 0 Å². The minimum Gasteiger partial charge on any atom is -0.357 e. The number of sulfone groups is 1. The molecule has 0 unspecified atom stereocenters. The number of benzene rings is 1. The van der Waals surface area contributed by atoms with Crippen LogP contribution in [0.3, 0.4) is 0 Å². The first kappa shape index (κ1) is 23.0. The van der Waals surface area contributed by atoms with E-state index in [-0.39, 0.29) is 12.3 Å². The van der Waals surface area contributed by atoms with Crippen LogP contribution in [0.2, 0.25) is 0 Å². The number of aliphatic imine (C=N–C) groups is 1. The van der Waals surface area contributed by atoms with Gasteiger partial charge in [0, 0.05) is 45.7 Å². The third-order valence-corrected chi connectivity index (χ3v) is 6.04. The largest absolute Gasteiger partial charge is 0.357 e. The molecule has 1 fully saturated rings. The van der Waals surface area contributed by atoms with Gasteiger partial charge < -0.3 is 15.5 Å². The van der Waals surface area contributed by atoms with Crippen LogP contribution in [0.4, 0.5) is 10.2 Å². The topological polar surface area (TPSA) is 86.7 Å². The van der Waals surface area contributed by atoms with E-state index in [2.05, 4.69) is 31.6 Å². The molecule has 3 rings (SSSR count). The second kappa shape index (κ2) is 10.6. The lowest BCUT2D eigenvalue weighted by atomic mass is 10.1. The molecule has 0 spiro atoms. The smallest absolute Gasteiger partial charge is 0.191 e. The lowest BCUT2D eigenvalue weighted by molar-refractivity contribution is 0.573. The fourth-order valence-electron chi connectivity index (χ4n) is 3.63. The summed E-state index contributed by atoms with van der Waals surface area (Å²) in [6.07, 6.45) is 6.66. The average molecular weight is 448 g/mol. The molecule has 9 heteroatoms. The summed E-state index contributed by atoms with van der Waals surface area (Å²) in [4.78, 5) is 11.0. The predicted molar refractivity (Wildman–Crippen MR) is 122 cm³/mol. The van der Waals surface area contributed by atoms with Crippen LogP contribution < -0.4 is 15.5 Å². The zero-order valence-corrected chi connectivity index (χ0v) is 18.9. The Kier molecular flexibility index (Phi) is 7.84. The number of rotatable bonds is 7. The number of halogens is 1. The van der Waals surface area contributed by atoms with Crippen LogP contribution in [0.1, 0.15) is 36.0 Å². The molecular weight excluding hydrogens is 417 g/mol. The third-order valence-electron chi connectivity index (χ3n) is 5.21. The molecule has 31 heavy (non-hydrogen) atoms. The van der Waals surface area contributed by atoms with Crippen molar-refractivity contribution in [1.29, 1.82) is 0 Å². The Morgan fingerprint density at radius 3 is 2.55 bits per heavy atom. The molecule has 0 atom stereocenters. The van der Waals surface area contributed by atoms with Gasteiger partial charge in [-0.1, -0.05) is 6.07 Å². The van der Waals surface area contributed by atoms with Crippen LogP contribution in [0.5, 0.6) is 0 Å². The molecule has 1 aliphatic heterocycles. The molecule has 0 saturated carbocycles. The van der Waals surface area contributed by atoms with Gasteiger partial charge in [0.1, 0.15) is 11.6 Å². The number of hydrogen-bond acceptors (Lipinski definition) is 5. The van der Waals surface area contributed by atoms with Crippen molar-refractivity contribution < 1.29 is 12.8 Å². The predicted octanol–water partition coefficient (Wildman–Crippen LogP) is 2.62. The number of guanidine groups is 1. The maximum Gasteiger partial charge on any atom is 0.191 e. The highest BCUT2D eigenvalue weighted by Crippen LogP contribution is 2.18. The van der Waals surface area contributed by atoms with Crippen molar-refractivity contribution in [2.75, 3.05) is 31.3 Å². The summed E-state index contributed by atoms with van der Waals surface area (Å²) in [6, 6.07) is 8.20.